The summed E-state index contributed by atoms with van der Waals surface area (Å²) in [6.07, 6.45) is 1.42. The van der Waals surface area contributed by atoms with Crippen molar-refractivity contribution in [2.45, 2.75) is 18.7 Å². The summed E-state index contributed by atoms with van der Waals surface area (Å²) in [6.45, 7) is 3.61. The summed E-state index contributed by atoms with van der Waals surface area (Å²) in [5.74, 6) is 0.205. The molecular formula is C13H12N4O3S2. The van der Waals surface area contributed by atoms with Crippen LogP contribution in [0.25, 0.3) is 5.69 Å². The summed E-state index contributed by atoms with van der Waals surface area (Å²) in [7, 11) is -3.86. The second-order valence-electron chi connectivity index (χ2n) is 4.57. The van der Waals surface area contributed by atoms with E-state index in [-0.39, 0.29) is 10.6 Å². The van der Waals surface area contributed by atoms with Gasteiger partial charge < -0.3 is 4.18 Å². The van der Waals surface area contributed by atoms with E-state index in [4.69, 9.17) is 4.18 Å². The van der Waals surface area contributed by atoms with Gasteiger partial charge in [0.2, 0.25) is 0 Å². The highest BCUT2D eigenvalue weighted by Crippen LogP contribution is 2.28. The quantitative estimate of drug-likeness (QED) is 0.678. The summed E-state index contributed by atoms with van der Waals surface area (Å²) < 4.78 is 31.4. The van der Waals surface area contributed by atoms with Crippen molar-refractivity contribution >= 4 is 21.5 Å². The third-order valence-corrected chi connectivity index (χ3v) is 5.37. The molecule has 9 heteroatoms. The average Bonchev–Trinajstić information content (AvgIpc) is 3.08. The van der Waals surface area contributed by atoms with Gasteiger partial charge in [0.15, 0.2) is 0 Å². The number of aryl methyl sites for hydroxylation is 2. The maximum absolute atomic E-state index is 12.4. The lowest BCUT2D eigenvalue weighted by Crippen LogP contribution is -2.10. The Morgan fingerprint density at radius 1 is 1.23 bits per heavy atom. The monoisotopic (exact) mass is 336 g/mol. The summed E-state index contributed by atoms with van der Waals surface area (Å²) in [4.78, 5) is 1.82. The molecule has 0 aliphatic carbocycles. The minimum atomic E-state index is -3.86. The van der Waals surface area contributed by atoms with E-state index in [1.807, 2.05) is 6.92 Å². The van der Waals surface area contributed by atoms with Gasteiger partial charge in [-0.25, -0.2) is 4.68 Å². The van der Waals surface area contributed by atoms with Crippen LogP contribution in [0.2, 0.25) is 0 Å². The molecule has 0 aliphatic heterocycles. The van der Waals surface area contributed by atoms with Crippen molar-refractivity contribution in [2.24, 2.45) is 0 Å². The van der Waals surface area contributed by atoms with E-state index in [9.17, 15) is 8.42 Å². The molecule has 0 saturated heterocycles. The molecular weight excluding hydrogens is 324 g/mol. The minimum absolute atomic E-state index is 0.197. The topological polar surface area (TPSA) is 87.0 Å². The van der Waals surface area contributed by atoms with Gasteiger partial charge in [0.25, 0.3) is 0 Å². The Morgan fingerprint density at radius 3 is 2.68 bits per heavy atom. The molecule has 22 heavy (non-hydrogen) atoms. The van der Waals surface area contributed by atoms with Crippen LogP contribution in [-0.2, 0) is 10.1 Å². The normalized spacial score (nSPS) is 11.5. The molecule has 0 amide bonds. The van der Waals surface area contributed by atoms with Gasteiger partial charge in [0.05, 0.1) is 5.69 Å². The maximum atomic E-state index is 12.4. The highest BCUT2D eigenvalue weighted by atomic mass is 32.2. The Bertz CT molecular complexity index is 901. The Hall–Kier alpha value is -2.26. The zero-order chi connectivity index (χ0) is 15.7. The number of rotatable bonds is 4. The first-order valence-corrected chi connectivity index (χ1v) is 8.53. The van der Waals surface area contributed by atoms with Crippen LogP contribution in [0.4, 0.5) is 0 Å². The van der Waals surface area contributed by atoms with Crippen LogP contribution >= 0.6 is 11.3 Å². The summed E-state index contributed by atoms with van der Waals surface area (Å²) in [6, 6.07) is 8.16. The van der Waals surface area contributed by atoms with Crippen LogP contribution in [0.1, 0.15) is 9.75 Å². The van der Waals surface area contributed by atoms with Crippen molar-refractivity contribution in [1.29, 1.82) is 0 Å². The van der Waals surface area contributed by atoms with Gasteiger partial charge in [-0.3, -0.25) is 0 Å². The highest BCUT2D eigenvalue weighted by molar-refractivity contribution is 7.87. The van der Waals surface area contributed by atoms with Crippen molar-refractivity contribution < 1.29 is 12.6 Å². The van der Waals surface area contributed by atoms with E-state index < -0.39 is 10.1 Å². The van der Waals surface area contributed by atoms with Crippen LogP contribution in [0.15, 0.2) is 41.6 Å². The van der Waals surface area contributed by atoms with Crippen LogP contribution in [0.5, 0.6) is 5.75 Å². The van der Waals surface area contributed by atoms with Gasteiger partial charge in [-0.05, 0) is 42.5 Å². The van der Waals surface area contributed by atoms with Crippen LogP contribution in [0, 0.1) is 13.8 Å². The molecule has 7 nitrogen and oxygen atoms in total. The Kier molecular flexibility index (Phi) is 3.67. The van der Waals surface area contributed by atoms with Crippen molar-refractivity contribution in [3.8, 4) is 11.4 Å². The van der Waals surface area contributed by atoms with Gasteiger partial charge in [-0.15, -0.1) is 16.4 Å². The molecule has 114 valence electrons. The molecule has 3 rings (SSSR count). The Morgan fingerprint density at radius 2 is 2.05 bits per heavy atom. The van der Waals surface area contributed by atoms with Gasteiger partial charge >= 0.3 is 10.1 Å². The predicted molar refractivity (Wildman–Crippen MR) is 80.8 cm³/mol. The van der Waals surface area contributed by atoms with Crippen molar-refractivity contribution in [3.63, 3.8) is 0 Å². The molecule has 0 bridgehead atoms. The van der Waals surface area contributed by atoms with Crippen molar-refractivity contribution in [3.05, 3.63) is 46.4 Å². The molecule has 0 radical (unpaired) electrons. The third kappa shape index (κ3) is 2.85. The van der Waals surface area contributed by atoms with Crippen molar-refractivity contribution in [2.75, 3.05) is 0 Å². The molecule has 0 saturated carbocycles. The second kappa shape index (κ2) is 5.50. The van der Waals surface area contributed by atoms with E-state index in [0.717, 1.165) is 4.88 Å². The van der Waals surface area contributed by atoms with E-state index in [2.05, 4.69) is 15.5 Å². The molecule has 1 aromatic carbocycles. The smallest absolute Gasteiger partial charge is 0.340 e. The first-order valence-electron chi connectivity index (χ1n) is 6.31. The van der Waals surface area contributed by atoms with Gasteiger partial charge in [-0.1, -0.05) is 6.07 Å². The predicted octanol–water partition coefficient (Wildman–Crippen LogP) is 2.11. The van der Waals surface area contributed by atoms with Crippen LogP contribution in [-0.4, -0.2) is 28.6 Å². The maximum Gasteiger partial charge on any atom is 0.340 e. The minimum Gasteiger partial charge on any atom is -0.379 e. The van der Waals surface area contributed by atoms with E-state index in [1.165, 1.54) is 22.3 Å². The molecule has 0 spiro atoms. The lowest BCUT2D eigenvalue weighted by molar-refractivity contribution is 0.485. The molecule has 2 heterocycles. The fourth-order valence-corrected chi connectivity index (χ4v) is 4.43. The number of nitrogens with zero attached hydrogens (tertiary/aromatic N) is 4. The molecule has 2 aromatic heterocycles. The number of thiophene rings is 1. The van der Waals surface area contributed by atoms with Crippen molar-refractivity contribution in [1.82, 2.24) is 20.2 Å². The number of benzene rings is 1. The van der Waals surface area contributed by atoms with Crippen LogP contribution in [0.3, 0.4) is 0 Å². The largest absolute Gasteiger partial charge is 0.379 e. The SMILES string of the molecule is Cc1cc(S(=O)(=O)Oc2cccc(-n3cnnn3)c2)c(C)s1. The standard InChI is InChI=1S/C13H12N4O3S2/c1-9-6-13(10(2)21-9)22(18,19)20-12-5-3-4-11(7-12)17-8-14-15-16-17/h3-8H,1-2H3. The summed E-state index contributed by atoms with van der Waals surface area (Å²) in [5, 5.41) is 10.8. The Labute approximate surface area is 131 Å². The number of tetrazole rings is 1. The third-order valence-electron chi connectivity index (χ3n) is 2.90. The molecule has 0 aliphatic rings. The van der Waals surface area contributed by atoms with Gasteiger partial charge in [-0.2, -0.15) is 8.42 Å². The fourth-order valence-electron chi connectivity index (χ4n) is 1.98. The van der Waals surface area contributed by atoms with Gasteiger partial charge in [0.1, 0.15) is 17.0 Å². The van der Waals surface area contributed by atoms with E-state index in [1.54, 1.807) is 37.3 Å². The second-order valence-corrected chi connectivity index (χ2v) is 7.54. The zero-order valence-corrected chi connectivity index (χ0v) is 13.4. The highest BCUT2D eigenvalue weighted by Gasteiger charge is 2.21. The average molecular weight is 336 g/mol. The van der Waals surface area contributed by atoms with E-state index in [0.29, 0.717) is 10.6 Å². The van der Waals surface area contributed by atoms with E-state index >= 15 is 0 Å². The fraction of sp³-hybridized carbons (Fsp3) is 0.154. The molecule has 0 fully saturated rings. The lowest BCUT2D eigenvalue weighted by atomic mass is 10.3. The molecule has 0 N–H and O–H groups in total. The van der Waals surface area contributed by atoms with Gasteiger partial charge in [0, 0.05) is 15.8 Å². The molecule has 0 unspecified atom stereocenters. The first-order chi connectivity index (χ1) is 10.5. The molecule has 3 aromatic rings. The molecule has 0 atom stereocenters. The Balaban J connectivity index is 1.93. The van der Waals surface area contributed by atoms with Crippen LogP contribution < -0.4 is 4.18 Å². The zero-order valence-electron chi connectivity index (χ0n) is 11.8. The lowest BCUT2D eigenvalue weighted by Gasteiger charge is -2.07. The first kappa shape index (κ1) is 14.7. The number of hydrogen-bond acceptors (Lipinski definition) is 7. The summed E-state index contributed by atoms with van der Waals surface area (Å²) in [5.41, 5.74) is 0.607. The number of hydrogen-bond donors (Lipinski definition) is 0. The summed E-state index contributed by atoms with van der Waals surface area (Å²) >= 11 is 1.42. The number of aromatic nitrogens is 4.